The van der Waals surface area contributed by atoms with Crippen LogP contribution in [-0.2, 0) is 4.79 Å². The van der Waals surface area contributed by atoms with E-state index in [-0.39, 0.29) is 18.3 Å². The molecule has 1 N–H and O–H groups in total. The van der Waals surface area contributed by atoms with Crippen molar-refractivity contribution in [1.29, 1.82) is 0 Å². The van der Waals surface area contributed by atoms with Gasteiger partial charge in [0.05, 0.1) is 0 Å². The molecule has 5 heteroatoms. The highest BCUT2D eigenvalue weighted by Crippen LogP contribution is 2.27. The highest BCUT2D eigenvalue weighted by molar-refractivity contribution is 5.77. The van der Waals surface area contributed by atoms with Gasteiger partial charge in [-0.05, 0) is 37.1 Å². The number of piperazine rings is 1. The second-order valence-electron chi connectivity index (χ2n) is 5.43. The Morgan fingerprint density at radius 2 is 1.80 bits per heavy atom. The lowest BCUT2D eigenvalue weighted by Gasteiger charge is -2.34. The van der Waals surface area contributed by atoms with Crippen molar-refractivity contribution in [1.82, 2.24) is 9.80 Å². The van der Waals surface area contributed by atoms with Gasteiger partial charge in [-0.25, -0.2) is 0 Å². The SMILES string of the molecule is O=C(COc1ccc(O)cc1)N1CCN(C2CC2)CC1. The maximum absolute atomic E-state index is 12.1. The number of carbonyl (C=O) groups is 1. The quantitative estimate of drug-likeness (QED) is 0.894. The van der Waals surface area contributed by atoms with Gasteiger partial charge in [0, 0.05) is 32.2 Å². The Morgan fingerprint density at radius 1 is 1.15 bits per heavy atom. The number of amides is 1. The zero-order valence-electron chi connectivity index (χ0n) is 11.5. The third-order valence-electron chi connectivity index (χ3n) is 3.93. The molecular formula is C15H20N2O3. The number of nitrogens with zero attached hydrogens (tertiary/aromatic N) is 2. The molecule has 1 aliphatic heterocycles. The molecule has 5 nitrogen and oxygen atoms in total. The van der Waals surface area contributed by atoms with Crippen molar-refractivity contribution in [2.24, 2.45) is 0 Å². The Bertz CT molecular complexity index is 463. The van der Waals surface area contributed by atoms with E-state index in [1.807, 2.05) is 4.90 Å². The average Bonchev–Trinajstić information content (AvgIpc) is 3.31. The number of carbonyl (C=O) groups excluding carboxylic acids is 1. The Morgan fingerprint density at radius 3 is 2.40 bits per heavy atom. The zero-order valence-corrected chi connectivity index (χ0v) is 11.5. The predicted octanol–water partition coefficient (Wildman–Crippen LogP) is 1.08. The summed E-state index contributed by atoms with van der Waals surface area (Å²) in [5.41, 5.74) is 0. The third-order valence-corrected chi connectivity index (χ3v) is 3.93. The van der Waals surface area contributed by atoms with Crippen LogP contribution in [0.1, 0.15) is 12.8 Å². The first-order chi connectivity index (χ1) is 9.72. The molecule has 1 saturated carbocycles. The summed E-state index contributed by atoms with van der Waals surface area (Å²) in [5, 5.41) is 9.18. The number of benzene rings is 1. The fraction of sp³-hybridized carbons (Fsp3) is 0.533. The Balaban J connectivity index is 1.43. The van der Waals surface area contributed by atoms with E-state index in [9.17, 15) is 9.90 Å². The number of aromatic hydroxyl groups is 1. The summed E-state index contributed by atoms with van der Waals surface area (Å²) in [6.45, 7) is 3.63. The minimum absolute atomic E-state index is 0.0357. The van der Waals surface area contributed by atoms with E-state index in [2.05, 4.69) is 4.90 Å². The Hall–Kier alpha value is -1.75. The van der Waals surface area contributed by atoms with E-state index < -0.39 is 0 Å². The van der Waals surface area contributed by atoms with Crippen LogP contribution in [0.3, 0.4) is 0 Å². The first-order valence-electron chi connectivity index (χ1n) is 7.16. The zero-order chi connectivity index (χ0) is 13.9. The van der Waals surface area contributed by atoms with Gasteiger partial charge in [0.1, 0.15) is 11.5 Å². The molecule has 0 bridgehead atoms. The molecule has 0 unspecified atom stereocenters. The number of phenols is 1. The maximum Gasteiger partial charge on any atom is 0.260 e. The van der Waals surface area contributed by atoms with Gasteiger partial charge in [-0.1, -0.05) is 0 Å². The Kier molecular flexibility index (Phi) is 3.78. The van der Waals surface area contributed by atoms with Gasteiger partial charge in [-0.3, -0.25) is 9.69 Å². The maximum atomic E-state index is 12.1. The van der Waals surface area contributed by atoms with Crippen molar-refractivity contribution in [3.05, 3.63) is 24.3 Å². The minimum atomic E-state index is 0.0357. The van der Waals surface area contributed by atoms with Crippen LogP contribution in [0, 0.1) is 0 Å². The van der Waals surface area contributed by atoms with Gasteiger partial charge in [0.15, 0.2) is 6.61 Å². The standard InChI is InChI=1S/C15H20N2O3/c18-13-3-5-14(6-4-13)20-11-15(19)17-9-7-16(8-10-17)12-1-2-12/h3-6,12,18H,1-2,7-11H2. The number of hydrogen-bond donors (Lipinski definition) is 1. The van der Waals surface area contributed by atoms with Crippen molar-refractivity contribution in [2.75, 3.05) is 32.8 Å². The molecule has 2 aliphatic rings. The molecule has 1 aromatic carbocycles. The molecule has 0 spiro atoms. The van der Waals surface area contributed by atoms with E-state index in [1.54, 1.807) is 24.3 Å². The van der Waals surface area contributed by atoms with E-state index >= 15 is 0 Å². The lowest BCUT2D eigenvalue weighted by molar-refractivity contribution is -0.135. The largest absolute Gasteiger partial charge is 0.508 e. The number of phenolic OH excluding ortho intramolecular Hbond substituents is 1. The number of rotatable bonds is 4. The van der Waals surface area contributed by atoms with E-state index in [4.69, 9.17) is 4.74 Å². The molecule has 2 fully saturated rings. The molecule has 1 aromatic rings. The second kappa shape index (κ2) is 5.71. The summed E-state index contributed by atoms with van der Waals surface area (Å²) in [7, 11) is 0. The molecule has 1 heterocycles. The van der Waals surface area contributed by atoms with Gasteiger partial charge in [-0.2, -0.15) is 0 Å². The normalized spacial score (nSPS) is 19.9. The smallest absolute Gasteiger partial charge is 0.260 e. The van der Waals surface area contributed by atoms with Crippen LogP contribution in [0.4, 0.5) is 0 Å². The number of ether oxygens (including phenoxy) is 1. The van der Waals surface area contributed by atoms with Gasteiger partial charge >= 0.3 is 0 Å². The number of hydrogen-bond acceptors (Lipinski definition) is 4. The van der Waals surface area contributed by atoms with E-state index in [1.165, 1.54) is 12.8 Å². The van der Waals surface area contributed by atoms with Crippen LogP contribution in [-0.4, -0.2) is 59.6 Å². The summed E-state index contributed by atoms with van der Waals surface area (Å²) in [4.78, 5) is 16.4. The van der Waals surface area contributed by atoms with E-state index in [0.717, 1.165) is 32.2 Å². The van der Waals surface area contributed by atoms with Gasteiger partial charge in [0.2, 0.25) is 0 Å². The fourth-order valence-corrected chi connectivity index (χ4v) is 2.55. The lowest BCUT2D eigenvalue weighted by atomic mass is 10.3. The van der Waals surface area contributed by atoms with Crippen LogP contribution in [0.2, 0.25) is 0 Å². The lowest BCUT2D eigenvalue weighted by Crippen LogP contribution is -2.50. The monoisotopic (exact) mass is 276 g/mol. The van der Waals surface area contributed by atoms with Crippen molar-refractivity contribution >= 4 is 5.91 Å². The third kappa shape index (κ3) is 3.22. The van der Waals surface area contributed by atoms with Crippen LogP contribution >= 0.6 is 0 Å². The average molecular weight is 276 g/mol. The molecule has 1 aliphatic carbocycles. The molecule has 108 valence electrons. The summed E-state index contributed by atoms with van der Waals surface area (Å²) in [6.07, 6.45) is 2.63. The van der Waals surface area contributed by atoms with Crippen LogP contribution in [0.25, 0.3) is 0 Å². The van der Waals surface area contributed by atoms with E-state index in [0.29, 0.717) is 5.75 Å². The molecule has 3 rings (SSSR count). The first-order valence-corrected chi connectivity index (χ1v) is 7.16. The van der Waals surface area contributed by atoms with Crippen LogP contribution in [0.15, 0.2) is 24.3 Å². The van der Waals surface area contributed by atoms with Crippen molar-refractivity contribution in [2.45, 2.75) is 18.9 Å². The van der Waals surface area contributed by atoms with Crippen LogP contribution in [0.5, 0.6) is 11.5 Å². The second-order valence-corrected chi connectivity index (χ2v) is 5.43. The Labute approximate surface area is 118 Å². The molecule has 0 aromatic heterocycles. The van der Waals surface area contributed by atoms with Crippen molar-refractivity contribution in [3.63, 3.8) is 0 Å². The summed E-state index contributed by atoms with van der Waals surface area (Å²) in [5.74, 6) is 0.834. The molecule has 1 saturated heterocycles. The summed E-state index contributed by atoms with van der Waals surface area (Å²) < 4.78 is 5.45. The summed E-state index contributed by atoms with van der Waals surface area (Å²) >= 11 is 0. The van der Waals surface area contributed by atoms with Gasteiger partial charge in [0.25, 0.3) is 5.91 Å². The molecule has 1 amide bonds. The highest BCUT2D eigenvalue weighted by atomic mass is 16.5. The van der Waals surface area contributed by atoms with Gasteiger partial charge < -0.3 is 14.7 Å². The topological polar surface area (TPSA) is 53.0 Å². The predicted molar refractivity (Wildman–Crippen MR) is 74.8 cm³/mol. The molecule has 20 heavy (non-hydrogen) atoms. The molecular weight excluding hydrogens is 256 g/mol. The van der Waals surface area contributed by atoms with Crippen LogP contribution < -0.4 is 4.74 Å². The highest BCUT2D eigenvalue weighted by Gasteiger charge is 2.32. The summed E-state index contributed by atoms with van der Waals surface area (Å²) in [6, 6.07) is 7.20. The fourth-order valence-electron chi connectivity index (χ4n) is 2.55. The minimum Gasteiger partial charge on any atom is -0.508 e. The molecule has 0 radical (unpaired) electrons. The van der Waals surface area contributed by atoms with Gasteiger partial charge in [-0.15, -0.1) is 0 Å². The van der Waals surface area contributed by atoms with Crippen molar-refractivity contribution in [3.8, 4) is 11.5 Å². The first kappa shape index (κ1) is 13.2. The van der Waals surface area contributed by atoms with Crippen molar-refractivity contribution < 1.29 is 14.6 Å². The molecule has 0 atom stereocenters.